The van der Waals surface area contributed by atoms with Crippen LogP contribution in [0.15, 0.2) is 77.6 Å². The molecule has 0 radical (unpaired) electrons. The lowest BCUT2D eigenvalue weighted by atomic mass is 10.00. The van der Waals surface area contributed by atoms with Crippen molar-refractivity contribution < 1.29 is 4.74 Å². The second-order valence-electron chi connectivity index (χ2n) is 10.4. The van der Waals surface area contributed by atoms with Gasteiger partial charge < -0.3 is 14.6 Å². The highest BCUT2D eigenvalue weighted by Gasteiger charge is 2.33. The zero-order valence-electron chi connectivity index (χ0n) is 23.0. The van der Waals surface area contributed by atoms with Gasteiger partial charge in [-0.1, -0.05) is 30.3 Å². The highest BCUT2D eigenvalue weighted by Crippen LogP contribution is 2.30. The second kappa shape index (κ2) is 10.9. The van der Waals surface area contributed by atoms with E-state index in [0.717, 1.165) is 54.0 Å². The number of rotatable bonds is 7. The lowest BCUT2D eigenvalue weighted by Crippen LogP contribution is -2.49. The molecule has 0 saturated carbocycles. The third-order valence-corrected chi connectivity index (χ3v) is 7.88. The van der Waals surface area contributed by atoms with Crippen LogP contribution in [0.4, 0.5) is 5.69 Å². The first-order chi connectivity index (χ1) is 19.5. The number of nitrogens with zero attached hydrogens (tertiary/aromatic N) is 6. The van der Waals surface area contributed by atoms with Crippen molar-refractivity contribution in [2.45, 2.75) is 26.4 Å². The van der Waals surface area contributed by atoms with Crippen LogP contribution >= 0.6 is 0 Å². The summed E-state index contributed by atoms with van der Waals surface area (Å²) in [7, 11) is 1.65. The number of benzene rings is 3. The molecule has 40 heavy (non-hydrogen) atoms. The Balaban J connectivity index is 1.39. The fraction of sp³-hybridized carbons (Fsp3) is 0.290. The number of aromatic amines is 1. The van der Waals surface area contributed by atoms with E-state index in [1.807, 2.05) is 42.5 Å². The number of aryl methyl sites for hydroxylation is 2. The molecule has 0 aliphatic carbocycles. The molecule has 1 aliphatic rings. The summed E-state index contributed by atoms with van der Waals surface area (Å²) in [6.07, 6.45) is 0. The van der Waals surface area contributed by atoms with Gasteiger partial charge in [-0.2, -0.15) is 0 Å². The van der Waals surface area contributed by atoms with E-state index < -0.39 is 6.04 Å². The van der Waals surface area contributed by atoms with Crippen LogP contribution in [0.1, 0.15) is 34.1 Å². The van der Waals surface area contributed by atoms with Crippen molar-refractivity contribution in [2.24, 2.45) is 0 Å². The molecule has 0 bridgehead atoms. The Labute approximate surface area is 233 Å². The minimum Gasteiger partial charge on any atom is -0.497 e. The Morgan fingerprint density at radius 1 is 0.925 bits per heavy atom. The molecule has 1 N–H and O–H groups in total. The van der Waals surface area contributed by atoms with Crippen LogP contribution in [-0.4, -0.2) is 63.4 Å². The maximum Gasteiger partial charge on any atom is 0.253 e. The number of ether oxygens (including phenoxy) is 1. The highest BCUT2D eigenvalue weighted by molar-refractivity contribution is 5.81. The summed E-state index contributed by atoms with van der Waals surface area (Å²) in [5.74, 6) is 1.45. The smallest absolute Gasteiger partial charge is 0.253 e. The summed E-state index contributed by atoms with van der Waals surface area (Å²) in [6, 6.07) is 24.1. The number of fused-ring (bicyclic) bond motifs is 1. The van der Waals surface area contributed by atoms with Crippen molar-refractivity contribution in [3.8, 4) is 5.75 Å². The van der Waals surface area contributed by atoms with Gasteiger partial charge in [-0.15, -0.1) is 5.10 Å². The van der Waals surface area contributed by atoms with Gasteiger partial charge in [0.1, 0.15) is 11.8 Å². The van der Waals surface area contributed by atoms with Crippen molar-refractivity contribution in [3.63, 3.8) is 0 Å². The predicted molar refractivity (Wildman–Crippen MR) is 156 cm³/mol. The maximum atomic E-state index is 13.7. The summed E-state index contributed by atoms with van der Waals surface area (Å²) in [4.78, 5) is 21.5. The Kier molecular flexibility index (Phi) is 7.04. The van der Waals surface area contributed by atoms with Crippen molar-refractivity contribution in [1.82, 2.24) is 30.1 Å². The van der Waals surface area contributed by atoms with Gasteiger partial charge >= 0.3 is 0 Å². The standard InChI is InChI=1S/C31H33N7O2/c1-21-17-24-19-27(31(39)32-28(24)18-22(21)2)29(37-15-13-36(14-16-37)25-7-5-4-6-8-25)30-33-34-35-38(30)20-23-9-11-26(40-3)12-10-23/h4-12,17-19,29H,13-16,20H2,1-3H3,(H,32,39)/t29-/m1/s1. The molecule has 5 aromatic rings. The normalized spacial score (nSPS) is 14.9. The molecule has 3 aromatic carbocycles. The van der Waals surface area contributed by atoms with E-state index in [-0.39, 0.29) is 5.56 Å². The first-order valence-electron chi connectivity index (χ1n) is 13.6. The summed E-state index contributed by atoms with van der Waals surface area (Å²) in [5.41, 5.74) is 5.94. The fourth-order valence-corrected chi connectivity index (χ4v) is 5.50. The Morgan fingerprint density at radius 3 is 2.38 bits per heavy atom. The predicted octanol–water partition coefficient (Wildman–Crippen LogP) is 4.10. The molecule has 0 spiro atoms. The van der Waals surface area contributed by atoms with Crippen LogP contribution < -0.4 is 15.2 Å². The number of para-hydroxylation sites is 1. The maximum absolute atomic E-state index is 13.7. The molecule has 9 heteroatoms. The minimum absolute atomic E-state index is 0.120. The molecular weight excluding hydrogens is 502 g/mol. The number of nitrogens with one attached hydrogen (secondary N) is 1. The summed E-state index contributed by atoms with van der Waals surface area (Å²) < 4.78 is 7.12. The number of hydrogen-bond acceptors (Lipinski definition) is 7. The van der Waals surface area contributed by atoms with Crippen molar-refractivity contribution in [1.29, 1.82) is 0 Å². The SMILES string of the molecule is COc1ccc(Cn2nnnc2[C@@H](c2cc3cc(C)c(C)cc3[nH]c2=O)N2CCN(c3ccccc3)CC2)cc1. The van der Waals surface area contributed by atoms with Crippen LogP contribution in [0.25, 0.3) is 10.9 Å². The summed E-state index contributed by atoms with van der Waals surface area (Å²) in [6.45, 7) is 7.84. The topological polar surface area (TPSA) is 92.2 Å². The minimum atomic E-state index is -0.402. The average Bonchev–Trinajstić information content (AvgIpc) is 3.43. The third-order valence-electron chi connectivity index (χ3n) is 7.88. The first kappa shape index (κ1) is 25.8. The number of pyridine rings is 1. The number of methoxy groups -OCH3 is 1. The Morgan fingerprint density at radius 2 is 1.65 bits per heavy atom. The van der Waals surface area contributed by atoms with E-state index in [2.05, 4.69) is 74.5 Å². The van der Waals surface area contributed by atoms with Gasteiger partial charge in [0.05, 0.1) is 13.7 Å². The van der Waals surface area contributed by atoms with E-state index in [1.165, 1.54) is 11.3 Å². The molecule has 3 heterocycles. The average molecular weight is 536 g/mol. The fourth-order valence-electron chi connectivity index (χ4n) is 5.50. The molecular formula is C31H33N7O2. The van der Waals surface area contributed by atoms with Gasteiger partial charge in [-0.25, -0.2) is 4.68 Å². The lowest BCUT2D eigenvalue weighted by molar-refractivity contribution is 0.200. The number of anilines is 1. The number of H-pyrrole nitrogens is 1. The largest absolute Gasteiger partial charge is 0.497 e. The van der Waals surface area contributed by atoms with Gasteiger partial charge in [0.25, 0.3) is 5.56 Å². The molecule has 204 valence electrons. The lowest BCUT2D eigenvalue weighted by Gasteiger charge is -2.39. The van der Waals surface area contributed by atoms with Gasteiger partial charge in [0.2, 0.25) is 0 Å². The zero-order chi connectivity index (χ0) is 27.6. The number of piperazine rings is 1. The third kappa shape index (κ3) is 5.08. The van der Waals surface area contributed by atoms with E-state index in [0.29, 0.717) is 17.9 Å². The molecule has 1 atom stereocenters. The zero-order valence-corrected chi connectivity index (χ0v) is 23.0. The molecule has 0 unspecified atom stereocenters. The summed E-state index contributed by atoms with van der Waals surface area (Å²) >= 11 is 0. The van der Waals surface area contributed by atoms with Crippen molar-refractivity contribution >= 4 is 16.6 Å². The highest BCUT2D eigenvalue weighted by atomic mass is 16.5. The van der Waals surface area contributed by atoms with Gasteiger partial charge in [-0.05, 0) is 88.8 Å². The van der Waals surface area contributed by atoms with Crippen LogP contribution in [0, 0.1) is 13.8 Å². The Bertz CT molecular complexity index is 1670. The van der Waals surface area contributed by atoms with E-state index >= 15 is 0 Å². The quantitative estimate of drug-likeness (QED) is 0.336. The van der Waals surface area contributed by atoms with Gasteiger partial charge in [0.15, 0.2) is 5.82 Å². The second-order valence-corrected chi connectivity index (χ2v) is 10.4. The molecule has 6 rings (SSSR count). The molecule has 0 amide bonds. The number of hydrogen-bond donors (Lipinski definition) is 1. The molecule has 1 aliphatic heterocycles. The molecule has 1 fully saturated rings. The molecule has 9 nitrogen and oxygen atoms in total. The number of tetrazole rings is 1. The molecule has 2 aromatic heterocycles. The van der Waals surface area contributed by atoms with Crippen molar-refractivity contribution in [3.05, 3.63) is 111 Å². The van der Waals surface area contributed by atoms with Crippen LogP contribution in [-0.2, 0) is 6.54 Å². The Hall–Kier alpha value is -4.50. The van der Waals surface area contributed by atoms with Crippen LogP contribution in [0.2, 0.25) is 0 Å². The summed E-state index contributed by atoms with van der Waals surface area (Å²) in [5, 5.41) is 13.9. The van der Waals surface area contributed by atoms with E-state index in [9.17, 15) is 4.79 Å². The van der Waals surface area contributed by atoms with Crippen molar-refractivity contribution in [2.75, 3.05) is 38.2 Å². The van der Waals surface area contributed by atoms with Gasteiger partial charge in [-0.3, -0.25) is 9.69 Å². The van der Waals surface area contributed by atoms with Gasteiger partial charge in [0, 0.05) is 42.9 Å². The van der Waals surface area contributed by atoms with Crippen LogP contribution in [0.5, 0.6) is 5.75 Å². The van der Waals surface area contributed by atoms with E-state index in [4.69, 9.17) is 4.74 Å². The van der Waals surface area contributed by atoms with Crippen LogP contribution in [0.3, 0.4) is 0 Å². The first-order valence-corrected chi connectivity index (χ1v) is 13.6. The monoisotopic (exact) mass is 535 g/mol. The van der Waals surface area contributed by atoms with E-state index in [1.54, 1.807) is 11.8 Å². The number of aromatic nitrogens is 5. The molecule has 1 saturated heterocycles.